The molecule has 1 atom stereocenters. The SMILES string of the molecule is CC(C)(C)NCC(O)COc1ccc(O)c(NS(C)(=O)=O)c1.O=S(=O)(O)NC1CCCCC1. The monoisotopic (exact) mass is 511 g/mol. The minimum Gasteiger partial charge on any atom is -0.506 e. The summed E-state index contributed by atoms with van der Waals surface area (Å²) in [5, 5.41) is 22.6. The van der Waals surface area contributed by atoms with Gasteiger partial charge in [0.15, 0.2) is 0 Å². The Bertz CT molecular complexity index is 941. The van der Waals surface area contributed by atoms with Crippen molar-refractivity contribution in [3.63, 3.8) is 0 Å². The van der Waals surface area contributed by atoms with E-state index in [2.05, 4.69) is 14.8 Å². The van der Waals surface area contributed by atoms with Gasteiger partial charge in [-0.1, -0.05) is 19.3 Å². The normalized spacial score (nSPS) is 16.4. The molecule has 1 aliphatic carbocycles. The summed E-state index contributed by atoms with van der Waals surface area (Å²) in [5.74, 6) is 0.145. The number of aromatic hydroxyl groups is 1. The smallest absolute Gasteiger partial charge is 0.333 e. The van der Waals surface area contributed by atoms with Crippen molar-refractivity contribution in [1.29, 1.82) is 0 Å². The van der Waals surface area contributed by atoms with Gasteiger partial charge in [-0.2, -0.15) is 13.1 Å². The number of sulfonamides is 1. The summed E-state index contributed by atoms with van der Waals surface area (Å²) >= 11 is 0. The van der Waals surface area contributed by atoms with Gasteiger partial charge < -0.3 is 20.3 Å². The fourth-order valence-electron chi connectivity index (χ4n) is 2.99. The fourth-order valence-corrected chi connectivity index (χ4v) is 4.21. The molecule has 1 aliphatic rings. The summed E-state index contributed by atoms with van der Waals surface area (Å²) in [6, 6.07) is 4.13. The lowest BCUT2D eigenvalue weighted by Gasteiger charge is -2.23. The van der Waals surface area contributed by atoms with Crippen molar-refractivity contribution in [2.24, 2.45) is 0 Å². The number of phenols is 1. The van der Waals surface area contributed by atoms with E-state index in [0.29, 0.717) is 12.3 Å². The van der Waals surface area contributed by atoms with E-state index in [-0.39, 0.29) is 29.6 Å². The highest BCUT2D eigenvalue weighted by Gasteiger charge is 2.17. The Labute approximate surface area is 196 Å². The molecule has 1 saturated carbocycles. The van der Waals surface area contributed by atoms with Gasteiger partial charge in [-0.25, -0.2) is 8.42 Å². The van der Waals surface area contributed by atoms with E-state index in [9.17, 15) is 27.0 Å². The van der Waals surface area contributed by atoms with E-state index in [1.807, 2.05) is 20.8 Å². The molecule has 0 bridgehead atoms. The van der Waals surface area contributed by atoms with E-state index in [0.717, 1.165) is 31.9 Å². The third kappa shape index (κ3) is 15.0. The topological polar surface area (TPSA) is 174 Å². The Balaban J connectivity index is 0.000000412. The maximum absolute atomic E-state index is 11.2. The molecule has 33 heavy (non-hydrogen) atoms. The van der Waals surface area contributed by atoms with Gasteiger partial charge >= 0.3 is 10.3 Å². The first-order chi connectivity index (χ1) is 15.0. The van der Waals surface area contributed by atoms with Crippen molar-refractivity contribution in [1.82, 2.24) is 10.0 Å². The van der Waals surface area contributed by atoms with Crippen LogP contribution < -0.4 is 19.5 Å². The van der Waals surface area contributed by atoms with Crippen LogP contribution in [-0.2, 0) is 20.3 Å². The molecule has 11 nitrogen and oxygen atoms in total. The number of hydrogen-bond acceptors (Lipinski definition) is 8. The van der Waals surface area contributed by atoms with Crippen LogP contribution in [0.4, 0.5) is 5.69 Å². The van der Waals surface area contributed by atoms with Crippen LogP contribution in [0.15, 0.2) is 18.2 Å². The summed E-state index contributed by atoms with van der Waals surface area (Å²) in [5.41, 5.74) is -0.0752. The van der Waals surface area contributed by atoms with Crippen LogP contribution in [0.2, 0.25) is 0 Å². The molecule has 192 valence electrons. The highest BCUT2D eigenvalue weighted by atomic mass is 32.2. The lowest BCUT2D eigenvalue weighted by Crippen LogP contribution is -2.42. The van der Waals surface area contributed by atoms with Gasteiger partial charge in [0.2, 0.25) is 10.0 Å². The van der Waals surface area contributed by atoms with Gasteiger partial charge in [-0.3, -0.25) is 9.27 Å². The quantitative estimate of drug-likeness (QED) is 0.212. The number of benzene rings is 1. The fraction of sp³-hybridized carbons (Fsp3) is 0.700. The zero-order chi connectivity index (χ0) is 25.3. The molecule has 1 unspecified atom stereocenters. The van der Waals surface area contributed by atoms with E-state index in [1.54, 1.807) is 0 Å². The second kappa shape index (κ2) is 12.7. The van der Waals surface area contributed by atoms with Crippen molar-refractivity contribution < 1.29 is 36.3 Å². The zero-order valence-electron chi connectivity index (χ0n) is 19.5. The minimum atomic E-state index is -3.97. The Hall–Kier alpha value is -1.64. The van der Waals surface area contributed by atoms with Crippen LogP contribution in [0.3, 0.4) is 0 Å². The van der Waals surface area contributed by atoms with Gasteiger partial charge in [0.05, 0.1) is 11.9 Å². The Morgan fingerprint density at radius 2 is 1.73 bits per heavy atom. The van der Waals surface area contributed by atoms with Crippen LogP contribution in [0.1, 0.15) is 52.9 Å². The molecular weight excluding hydrogens is 474 g/mol. The number of hydrogen-bond donors (Lipinski definition) is 6. The molecule has 2 rings (SSSR count). The average molecular weight is 512 g/mol. The maximum atomic E-state index is 11.2. The lowest BCUT2D eigenvalue weighted by molar-refractivity contribution is 0.100. The first-order valence-corrected chi connectivity index (χ1v) is 14.0. The summed E-state index contributed by atoms with van der Waals surface area (Å²) < 4.78 is 61.3. The average Bonchev–Trinajstić information content (AvgIpc) is 2.65. The zero-order valence-corrected chi connectivity index (χ0v) is 21.2. The standard InChI is InChI=1S/C14H24N2O5S.C6H13NO3S/c1-14(2,3)15-8-10(17)9-21-11-5-6-13(18)12(7-11)16-22(4,19)20;8-11(9,10)7-6-4-2-1-3-5-6/h5-7,10,15-18H,8-9H2,1-4H3;6-7H,1-5H2,(H,8,9,10). The van der Waals surface area contributed by atoms with Crippen LogP contribution in [-0.4, -0.2) is 68.7 Å². The van der Waals surface area contributed by atoms with Crippen LogP contribution in [0, 0.1) is 0 Å². The molecule has 0 heterocycles. The van der Waals surface area contributed by atoms with Crippen molar-refractivity contribution in [2.75, 3.05) is 24.1 Å². The molecule has 0 aromatic heterocycles. The number of aliphatic hydroxyl groups is 1. The summed E-state index contributed by atoms with van der Waals surface area (Å²) in [6.45, 7) is 6.39. The molecule has 1 aromatic rings. The van der Waals surface area contributed by atoms with Crippen molar-refractivity contribution in [3.05, 3.63) is 18.2 Å². The first-order valence-electron chi connectivity index (χ1n) is 10.7. The van der Waals surface area contributed by atoms with Crippen LogP contribution >= 0.6 is 0 Å². The molecular formula is C20H37N3O8S2. The minimum absolute atomic E-state index is 0.0299. The van der Waals surface area contributed by atoms with Crippen LogP contribution in [0.25, 0.3) is 0 Å². The number of rotatable bonds is 9. The van der Waals surface area contributed by atoms with E-state index >= 15 is 0 Å². The molecule has 1 fully saturated rings. The van der Waals surface area contributed by atoms with Crippen LogP contribution in [0.5, 0.6) is 11.5 Å². The predicted octanol–water partition coefficient (Wildman–Crippen LogP) is 1.60. The Kier molecular flexibility index (Phi) is 11.3. The predicted molar refractivity (Wildman–Crippen MR) is 127 cm³/mol. The van der Waals surface area contributed by atoms with Crippen molar-refractivity contribution in [2.45, 2.75) is 70.6 Å². The van der Waals surface area contributed by atoms with Crippen molar-refractivity contribution >= 4 is 26.0 Å². The number of phenolic OH excluding ortho intramolecular Hbond substituents is 1. The molecule has 6 N–H and O–H groups in total. The third-order valence-corrected chi connectivity index (χ3v) is 5.72. The van der Waals surface area contributed by atoms with E-state index in [1.165, 1.54) is 24.6 Å². The number of ether oxygens (including phenoxy) is 1. The first kappa shape index (κ1) is 29.4. The van der Waals surface area contributed by atoms with E-state index in [4.69, 9.17) is 9.29 Å². The molecule has 0 saturated heterocycles. The molecule has 0 aliphatic heterocycles. The van der Waals surface area contributed by atoms with Gasteiger partial charge in [0.25, 0.3) is 0 Å². The summed E-state index contributed by atoms with van der Waals surface area (Å²) in [6.07, 6.45) is 5.24. The largest absolute Gasteiger partial charge is 0.506 e. The maximum Gasteiger partial charge on any atom is 0.333 e. The highest BCUT2D eigenvalue weighted by molar-refractivity contribution is 7.92. The second-order valence-corrected chi connectivity index (χ2v) is 12.0. The number of anilines is 1. The molecule has 0 spiro atoms. The van der Waals surface area contributed by atoms with Gasteiger partial charge in [-0.05, 0) is 45.7 Å². The van der Waals surface area contributed by atoms with Gasteiger partial charge in [0, 0.05) is 24.2 Å². The molecule has 0 radical (unpaired) electrons. The second-order valence-electron chi connectivity index (χ2n) is 9.08. The summed E-state index contributed by atoms with van der Waals surface area (Å²) in [4.78, 5) is 0. The van der Waals surface area contributed by atoms with Crippen molar-refractivity contribution in [3.8, 4) is 11.5 Å². The summed E-state index contributed by atoms with van der Waals surface area (Å²) in [7, 11) is -7.47. The van der Waals surface area contributed by atoms with E-state index < -0.39 is 26.4 Å². The highest BCUT2D eigenvalue weighted by Crippen LogP contribution is 2.28. The molecule has 13 heteroatoms. The van der Waals surface area contributed by atoms with Gasteiger partial charge in [0.1, 0.15) is 24.2 Å². The number of aliphatic hydroxyl groups excluding tert-OH is 1. The van der Waals surface area contributed by atoms with Gasteiger partial charge in [-0.15, -0.1) is 0 Å². The third-order valence-electron chi connectivity index (χ3n) is 4.49. The molecule has 1 aromatic carbocycles. The lowest BCUT2D eigenvalue weighted by atomic mass is 9.96. The Morgan fingerprint density at radius 3 is 2.24 bits per heavy atom. The molecule has 0 amide bonds. The Morgan fingerprint density at radius 1 is 1.12 bits per heavy atom. The number of nitrogens with one attached hydrogen (secondary N) is 3. The number of β-amino-alcohol motifs (C(OH)–C–C–N with tert-alkyl or cyclic N) is 1.